The molecule has 1 unspecified atom stereocenters. The van der Waals surface area contributed by atoms with Crippen molar-refractivity contribution in [3.8, 4) is 0 Å². The lowest BCUT2D eigenvalue weighted by Crippen LogP contribution is -2.31. The number of rotatable bonds is 4. The van der Waals surface area contributed by atoms with Crippen molar-refractivity contribution in [2.75, 3.05) is 0 Å². The van der Waals surface area contributed by atoms with Crippen LogP contribution in [-0.4, -0.2) is 6.04 Å². The normalized spacial score (nSPS) is 25.5. The van der Waals surface area contributed by atoms with E-state index in [2.05, 4.69) is 38.1 Å². The van der Waals surface area contributed by atoms with Gasteiger partial charge in [-0.05, 0) is 55.1 Å². The topological polar surface area (TPSA) is 52.0 Å². The minimum Gasteiger partial charge on any atom is -0.328 e. The van der Waals surface area contributed by atoms with Crippen molar-refractivity contribution in [3.05, 3.63) is 35.4 Å². The first-order chi connectivity index (χ1) is 9.06. The van der Waals surface area contributed by atoms with Crippen LogP contribution in [0.2, 0.25) is 0 Å². The average Bonchev–Trinajstić information content (AvgIpc) is 2.39. The van der Waals surface area contributed by atoms with Gasteiger partial charge in [0.15, 0.2) is 0 Å². The first-order valence-electron chi connectivity index (χ1n) is 7.66. The summed E-state index contributed by atoms with van der Waals surface area (Å²) in [6.07, 6.45) is 5.76. The van der Waals surface area contributed by atoms with Gasteiger partial charge in [-0.25, -0.2) is 0 Å². The average molecular weight is 260 g/mol. The van der Waals surface area contributed by atoms with Gasteiger partial charge in [0.25, 0.3) is 0 Å². The van der Waals surface area contributed by atoms with E-state index in [1.54, 1.807) is 0 Å². The molecule has 0 aliphatic heterocycles. The summed E-state index contributed by atoms with van der Waals surface area (Å²) in [6, 6.07) is 9.50. The molecule has 0 amide bonds. The molecule has 4 N–H and O–H groups in total. The maximum Gasteiger partial charge on any atom is 0.0323 e. The van der Waals surface area contributed by atoms with E-state index in [-0.39, 0.29) is 6.04 Å². The molecule has 19 heavy (non-hydrogen) atoms. The Bertz CT molecular complexity index is 375. The van der Waals surface area contributed by atoms with E-state index in [0.29, 0.717) is 17.9 Å². The van der Waals surface area contributed by atoms with Crippen molar-refractivity contribution in [3.63, 3.8) is 0 Å². The van der Waals surface area contributed by atoms with Crippen LogP contribution in [0.5, 0.6) is 0 Å². The van der Waals surface area contributed by atoms with Crippen molar-refractivity contribution in [2.24, 2.45) is 23.3 Å². The molecular weight excluding hydrogens is 232 g/mol. The van der Waals surface area contributed by atoms with Crippen molar-refractivity contribution in [2.45, 2.75) is 58.0 Å². The van der Waals surface area contributed by atoms with Crippen LogP contribution in [0.15, 0.2) is 24.3 Å². The fraction of sp³-hybridized carbons (Fsp3) is 0.647. The molecule has 106 valence electrons. The predicted molar refractivity (Wildman–Crippen MR) is 81.8 cm³/mol. The van der Waals surface area contributed by atoms with Gasteiger partial charge in [0.2, 0.25) is 0 Å². The quantitative estimate of drug-likeness (QED) is 0.871. The van der Waals surface area contributed by atoms with Gasteiger partial charge in [0.1, 0.15) is 0 Å². The molecule has 0 saturated heterocycles. The van der Waals surface area contributed by atoms with Gasteiger partial charge in [-0.15, -0.1) is 0 Å². The fourth-order valence-corrected chi connectivity index (χ4v) is 3.12. The van der Waals surface area contributed by atoms with Gasteiger partial charge >= 0.3 is 0 Å². The molecule has 1 saturated carbocycles. The zero-order valence-electron chi connectivity index (χ0n) is 12.3. The lowest BCUT2D eigenvalue weighted by atomic mass is 9.80. The third kappa shape index (κ3) is 4.05. The highest BCUT2D eigenvalue weighted by Gasteiger charge is 2.24. The van der Waals surface area contributed by atoms with Crippen LogP contribution in [-0.2, 0) is 6.42 Å². The Morgan fingerprint density at radius 2 is 1.63 bits per heavy atom. The Labute approximate surface area is 117 Å². The van der Waals surface area contributed by atoms with Gasteiger partial charge in [-0.3, -0.25) is 0 Å². The third-order valence-electron chi connectivity index (χ3n) is 4.33. The van der Waals surface area contributed by atoms with E-state index in [1.807, 2.05) is 0 Å². The van der Waals surface area contributed by atoms with Crippen molar-refractivity contribution >= 4 is 0 Å². The highest BCUT2D eigenvalue weighted by Crippen LogP contribution is 2.32. The van der Waals surface area contributed by atoms with Crippen LogP contribution >= 0.6 is 0 Å². The second kappa shape index (κ2) is 6.53. The molecule has 1 aliphatic rings. The predicted octanol–water partition coefficient (Wildman–Crippen LogP) is 3.40. The molecule has 1 aromatic carbocycles. The van der Waals surface area contributed by atoms with E-state index in [4.69, 9.17) is 11.5 Å². The molecular formula is C17H28N2. The second-order valence-corrected chi connectivity index (χ2v) is 6.54. The Kier molecular flexibility index (Phi) is 5.00. The largest absolute Gasteiger partial charge is 0.328 e. The summed E-state index contributed by atoms with van der Waals surface area (Å²) in [5, 5.41) is 0. The zero-order chi connectivity index (χ0) is 13.8. The van der Waals surface area contributed by atoms with E-state index in [0.717, 1.165) is 19.3 Å². The van der Waals surface area contributed by atoms with Crippen LogP contribution in [0.3, 0.4) is 0 Å². The summed E-state index contributed by atoms with van der Waals surface area (Å²) in [7, 11) is 0. The molecule has 0 spiro atoms. The Hall–Kier alpha value is -0.860. The third-order valence-corrected chi connectivity index (χ3v) is 4.33. The first kappa shape index (κ1) is 14.5. The number of nitrogens with two attached hydrogens (primary N) is 2. The molecule has 2 rings (SSSR count). The molecule has 0 aromatic heterocycles. The molecule has 2 heteroatoms. The summed E-state index contributed by atoms with van der Waals surface area (Å²) in [5.41, 5.74) is 15.1. The van der Waals surface area contributed by atoms with E-state index in [9.17, 15) is 0 Å². The van der Waals surface area contributed by atoms with E-state index >= 15 is 0 Å². The second-order valence-electron chi connectivity index (χ2n) is 6.54. The smallest absolute Gasteiger partial charge is 0.0323 e. The highest BCUT2D eigenvalue weighted by molar-refractivity contribution is 5.25. The van der Waals surface area contributed by atoms with Gasteiger partial charge in [0, 0.05) is 12.1 Å². The van der Waals surface area contributed by atoms with Gasteiger partial charge < -0.3 is 11.5 Å². The molecule has 1 aromatic rings. The van der Waals surface area contributed by atoms with E-state index in [1.165, 1.54) is 24.0 Å². The van der Waals surface area contributed by atoms with Crippen molar-refractivity contribution < 1.29 is 0 Å². The monoisotopic (exact) mass is 260 g/mol. The highest BCUT2D eigenvalue weighted by atomic mass is 14.7. The minimum absolute atomic E-state index is 0.181. The summed E-state index contributed by atoms with van der Waals surface area (Å²) >= 11 is 0. The molecule has 1 atom stereocenters. The van der Waals surface area contributed by atoms with Crippen LogP contribution in [0.4, 0.5) is 0 Å². The molecule has 0 heterocycles. The molecule has 2 nitrogen and oxygen atoms in total. The summed E-state index contributed by atoms with van der Waals surface area (Å²) < 4.78 is 0. The van der Waals surface area contributed by atoms with Crippen LogP contribution < -0.4 is 11.5 Å². The Morgan fingerprint density at radius 3 is 2.16 bits per heavy atom. The lowest BCUT2D eigenvalue weighted by Gasteiger charge is -2.30. The van der Waals surface area contributed by atoms with Crippen LogP contribution in [0, 0.1) is 11.8 Å². The number of hydrogen-bond donors (Lipinski definition) is 2. The SMILES string of the molecule is CC(C)Cc1ccc(C(N)C2CCC(N)CC2)cc1. The number of hydrogen-bond acceptors (Lipinski definition) is 2. The van der Waals surface area contributed by atoms with Gasteiger partial charge in [0.05, 0.1) is 0 Å². The van der Waals surface area contributed by atoms with Crippen LogP contribution in [0.25, 0.3) is 0 Å². The molecule has 0 bridgehead atoms. The van der Waals surface area contributed by atoms with Gasteiger partial charge in [-0.1, -0.05) is 38.1 Å². The van der Waals surface area contributed by atoms with E-state index < -0.39 is 0 Å². The molecule has 1 fully saturated rings. The molecule has 1 aliphatic carbocycles. The van der Waals surface area contributed by atoms with Crippen LogP contribution in [0.1, 0.15) is 56.7 Å². The minimum atomic E-state index is 0.181. The maximum atomic E-state index is 6.43. The zero-order valence-corrected chi connectivity index (χ0v) is 12.3. The maximum absolute atomic E-state index is 6.43. The summed E-state index contributed by atoms with van der Waals surface area (Å²) in [6.45, 7) is 4.51. The lowest BCUT2D eigenvalue weighted by molar-refractivity contribution is 0.285. The molecule has 0 radical (unpaired) electrons. The standard InChI is InChI=1S/C17H28N2/c1-12(2)11-13-3-5-14(6-4-13)17(19)15-7-9-16(18)10-8-15/h3-6,12,15-17H,7-11,18-19H2,1-2H3. The summed E-state index contributed by atoms with van der Waals surface area (Å²) in [4.78, 5) is 0. The number of benzene rings is 1. The Balaban J connectivity index is 1.97. The summed E-state index contributed by atoms with van der Waals surface area (Å²) in [5.74, 6) is 1.31. The fourth-order valence-electron chi connectivity index (χ4n) is 3.12. The van der Waals surface area contributed by atoms with Crippen molar-refractivity contribution in [1.82, 2.24) is 0 Å². The van der Waals surface area contributed by atoms with Gasteiger partial charge in [-0.2, -0.15) is 0 Å². The van der Waals surface area contributed by atoms with Crippen molar-refractivity contribution in [1.29, 1.82) is 0 Å². The Morgan fingerprint density at radius 1 is 1.05 bits per heavy atom. The first-order valence-corrected chi connectivity index (χ1v) is 7.66.